The van der Waals surface area contributed by atoms with Gasteiger partial charge in [-0.25, -0.2) is 4.79 Å². The van der Waals surface area contributed by atoms with Gasteiger partial charge in [-0.2, -0.15) is 0 Å². The number of amides is 13. The minimum Gasteiger partial charge on any atom is -0.481 e. The molecule has 0 aromatic heterocycles. The summed E-state index contributed by atoms with van der Waals surface area (Å²) in [6.07, 6.45) is -11.9. The number of aldehydes is 1. The van der Waals surface area contributed by atoms with Crippen LogP contribution in [0.4, 0.5) is 0 Å². The first-order chi connectivity index (χ1) is 51.5. The molecule has 2 fully saturated rings. The molecule has 41 heteroatoms. The number of rotatable bonds is 41. The fourth-order valence-electron chi connectivity index (χ4n) is 12.6. The highest BCUT2D eigenvalue weighted by Crippen LogP contribution is 2.25. The number of piperidine rings is 1. The Bertz CT molecular complexity index is 3170. The lowest BCUT2D eigenvalue weighted by atomic mass is 9.85. The maximum atomic E-state index is 15.3. The molecule has 2 rings (SSSR count). The zero-order valence-corrected chi connectivity index (χ0v) is 64.0. The number of ether oxygens (including phenoxy) is 2. The van der Waals surface area contributed by atoms with Crippen molar-refractivity contribution in [1.82, 2.24) is 57.7 Å². The number of cyclic esters (lactones) is 1. The number of aliphatic carboxylic acids is 2. The average molecular weight is 1570 g/mol. The predicted octanol–water partition coefficient (Wildman–Crippen LogP) is -6.90. The predicted molar refractivity (Wildman–Crippen MR) is 388 cm³/mol. The number of nitrogens with zero attached hydrogens (tertiary/aromatic N) is 2. The van der Waals surface area contributed by atoms with Gasteiger partial charge in [0.25, 0.3) is 0 Å². The number of aliphatic hydroxyl groups is 4. The number of nitrogens with one attached hydrogen (secondary N) is 9. The van der Waals surface area contributed by atoms with Crippen molar-refractivity contribution >= 4 is 101 Å². The summed E-state index contributed by atoms with van der Waals surface area (Å²) in [4.78, 5) is 236. The molecule has 2 heterocycles. The largest absolute Gasteiger partial charge is 0.481 e. The number of esters is 1. The molecule has 0 aliphatic carbocycles. The van der Waals surface area contributed by atoms with Crippen LogP contribution in [0.25, 0.3) is 0 Å². The third-order valence-electron chi connectivity index (χ3n) is 19.2. The van der Waals surface area contributed by atoms with E-state index in [9.17, 15) is 103 Å². The van der Waals surface area contributed by atoms with E-state index in [2.05, 4.69) is 47.9 Å². The molecule has 0 spiro atoms. The van der Waals surface area contributed by atoms with Crippen LogP contribution in [0.5, 0.6) is 0 Å². The Morgan fingerprint density at radius 2 is 1.34 bits per heavy atom. The average Bonchev–Trinajstić information content (AvgIpc) is 0.859. The highest BCUT2D eigenvalue weighted by Gasteiger charge is 2.48. The quantitative estimate of drug-likeness (QED) is 0.0154. The van der Waals surface area contributed by atoms with Crippen molar-refractivity contribution in [2.45, 2.75) is 280 Å². The Morgan fingerprint density at radius 1 is 0.718 bits per heavy atom. The van der Waals surface area contributed by atoms with E-state index in [1.165, 1.54) is 27.8 Å². The first-order valence-corrected chi connectivity index (χ1v) is 37.0. The van der Waals surface area contributed by atoms with E-state index < -0.39 is 254 Å². The minimum atomic E-state index is -3.18. The standard InChI is InChI=1S/C69H118N16O25/c1-10-12-13-14-15-22-48(90)76-41(30-49(91)92)60(99)77-39(23-25-46(71)88)56(95)69(108,33-86)32-75-51(35(5)36(6)57(73)96)62(101)82-53-38(8)110-68(107)45-21-17-19-28-85(45)67(106)43(31-50(93)94)80-65(104)54(55(58(74)97)109-11-2)83-61(100)44(24-26-47(72)89)84(9)66(105)42(29-34(3)4)79-59(98)40(20-16-18-27-70)78-63(102)52(37(7)87)81-64(53)103/h33-45,51-56,66,75,87,95,105,108H,10-32,70H2,1-9H3,(H2,71,88)(H2,72,89)(H2,73,96)(H2,74,97)(H,76,90)(H,77,99)(H,78,102)(H,79,98)(H,80,104)(H,81,103)(H,82,101)(H,83,100)(H,91,92)(H,93,94). The number of carboxylic acids is 2. The number of hydrogen-bond donors (Lipinski definition) is 20. The number of hydrogen-bond acceptors (Lipinski definition) is 26. The van der Waals surface area contributed by atoms with Crippen LogP contribution in [0, 0.1) is 17.8 Å². The van der Waals surface area contributed by atoms with Crippen molar-refractivity contribution in [3.05, 3.63) is 0 Å². The first-order valence-electron chi connectivity index (χ1n) is 37.0. The van der Waals surface area contributed by atoms with E-state index in [0.717, 1.165) is 42.9 Å². The van der Waals surface area contributed by atoms with Crippen LogP contribution >= 0.6 is 0 Å². The summed E-state index contributed by atoms with van der Waals surface area (Å²) in [7, 11) is 1.18. The van der Waals surface area contributed by atoms with Crippen molar-refractivity contribution in [1.29, 1.82) is 0 Å². The van der Waals surface area contributed by atoms with Crippen molar-refractivity contribution in [2.75, 3.05) is 33.3 Å². The lowest BCUT2D eigenvalue weighted by molar-refractivity contribution is -0.164. The molecule has 0 aromatic carbocycles. The van der Waals surface area contributed by atoms with Crippen molar-refractivity contribution < 1.29 is 122 Å². The number of carbonyl (C=O) groups excluding carboxylic acids is 15. The number of carboxylic acid groups (broad SMARTS) is 2. The van der Waals surface area contributed by atoms with E-state index in [1.807, 2.05) is 6.92 Å². The molecule has 2 saturated heterocycles. The summed E-state index contributed by atoms with van der Waals surface area (Å²) < 4.78 is 11.4. The maximum absolute atomic E-state index is 15.3. The van der Waals surface area contributed by atoms with Crippen molar-refractivity contribution in [2.24, 2.45) is 46.4 Å². The summed E-state index contributed by atoms with van der Waals surface area (Å²) >= 11 is 0. The summed E-state index contributed by atoms with van der Waals surface area (Å²) in [5.41, 5.74) is 25.1. The number of primary amides is 4. The van der Waals surface area contributed by atoms with Gasteiger partial charge in [0.15, 0.2) is 18.0 Å². The topological polar surface area (TPSA) is 675 Å². The Kier molecular flexibility index (Phi) is 42.2. The summed E-state index contributed by atoms with van der Waals surface area (Å²) in [6, 6.07) is -21.1. The number of aliphatic hydroxyl groups excluding tert-OH is 3. The first kappa shape index (κ1) is 96.9. The second-order valence-electron chi connectivity index (χ2n) is 28.5. The molecule has 19 unspecified atom stereocenters. The second kappa shape index (κ2) is 47.8. The van der Waals surface area contributed by atoms with E-state index in [0.29, 0.717) is 12.8 Å². The van der Waals surface area contributed by atoms with E-state index in [-0.39, 0.29) is 83.3 Å². The molecule has 0 radical (unpaired) electrons. The minimum absolute atomic E-state index is 0.0827. The maximum Gasteiger partial charge on any atom is 0.329 e. The van der Waals surface area contributed by atoms with Gasteiger partial charge in [0.1, 0.15) is 60.7 Å². The van der Waals surface area contributed by atoms with E-state index in [4.69, 9.17) is 38.1 Å². The van der Waals surface area contributed by atoms with Gasteiger partial charge in [-0.05, 0) is 110 Å². The Labute approximate surface area is 637 Å². The molecule has 13 amide bonds. The van der Waals surface area contributed by atoms with Gasteiger partial charge >= 0.3 is 17.9 Å². The van der Waals surface area contributed by atoms with Crippen molar-refractivity contribution in [3.8, 4) is 0 Å². The van der Waals surface area contributed by atoms with Gasteiger partial charge in [0.2, 0.25) is 76.8 Å². The van der Waals surface area contributed by atoms with Crippen LogP contribution in [0.1, 0.15) is 177 Å². The van der Waals surface area contributed by atoms with Crippen LogP contribution < -0.4 is 76.5 Å². The lowest BCUT2D eigenvalue weighted by Gasteiger charge is -2.38. The van der Waals surface area contributed by atoms with Gasteiger partial charge in [-0.3, -0.25) is 81.6 Å². The molecule has 624 valence electrons. The molecule has 0 aromatic rings. The Morgan fingerprint density at radius 3 is 1.89 bits per heavy atom. The van der Waals surface area contributed by atoms with Crippen LogP contribution in [-0.4, -0.2) is 277 Å². The third-order valence-corrected chi connectivity index (χ3v) is 19.2. The van der Waals surface area contributed by atoms with Gasteiger partial charge in [0, 0.05) is 44.9 Å². The van der Waals surface area contributed by atoms with Gasteiger partial charge in [-0.1, -0.05) is 60.3 Å². The normalized spacial score (nSPS) is 24.6. The number of likely N-dealkylation sites (N-methyl/N-ethyl adjacent to an activating group) is 1. The van der Waals surface area contributed by atoms with Gasteiger partial charge in [-0.15, -0.1) is 0 Å². The number of nitrogens with two attached hydrogens (primary N) is 5. The third kappa shape index (κ3) is 31.3. The smallest absolute Gasteiger partial charge is 0.329 e. The molecule has 0 bridgehead atoms. The molecule has 19 atom stereocenters. The fraction of sp³-hybridized carbons (Fsp3) is 0.754. The van der Waals surface area contributed by atoms with Crippen LogP contribution in [0.15, 0.2) is 0 Å². The van der Waals surface area contributed by atoms with Crippen LogP contribution in [0.2, 0.25) is 0 Å². The SMILES string of the molecule is CCCCCCCC(=O)NC(CC(=O)O)C(=O)NC(CCC(N)=O)C(O)C(O)(C=O)CNC(C(=O)NC1C(=O)NC(C(C)O)C(=O)NC(CCCCN)C(=O)NC(CC(C)C)C(O)N(C)C(CCC(N)=O)C(=O)NC(C(OCC)C(N)=O)C(=O)NC(CC(=O)O)C(=O)N2CCCCC2C(=O)OC1C)C(C)C(C)C(N)=O. The van der Waals surface area contributed by atoms with Crippen LogP contribution in [0.3, 0.4) is 0 Å². The molecule has 2 aliphatic rings. The summed E-state index contributed by atoms with van der Waals surface area (Å²) in [5, 5.41) is 89.2. The summed E-state index contributed by atoms with van der Waals surface area (Å²) in [5.74, 6) is -23.4. The fourth-order valence-corrected chi connectivity index (χ4v) is 12.6. The molecular formula is C69H118N16O25. The second-order valence-corrected chi connectivity index (χ2v) is 28.5. The number of fused-ring (bicyclic) bond motifs is 1. The molecule has 41 nitrogen and oxygen atoms in total. The van der Waals surface area contributed by atoms with Gasteiger partial charge in [0.05, 0.1) is 43.1 Å². The van der Waals surface area contributed by atoms with E-state index >= 15 is 9.59 Å². The van der Waals surface area contributed by atoms with Crippen molar-refractivity contribution in [3.63, 3.8) is 0 Å². The molecular weight excluding hydrogens is 1450 g/mol. The Hall–Kier alpha value is -9.13. The monoisotopic (exact) mass is 1570 g/mol. The molecule has 25 N–H and O–H groups in total. The molecule has 2 aliphatic heterocycles. The van der Waals surface area contributed by atoms with Crippen LogP contribution in [-0.2, 0) is 91.0 Å². The van der Waals surface area contributed by atoms with E-state index in [1.54, 1.807) is 13.8 Å². The zero-order chi connectivity index (χ0) is 83.6. The highest BCUT2D eigenvalue weighted by molar-refractivity contribution is 6.00. The van der Waals surface area contributed by atoms with Gasteiger partial charge < -0.3 is 122 Å². The lowest BCUT2D eigenvalue weighted by Crippen LogP contribution is -2.66. The molecule has 110 heavy (non-hydrogen) atoms. The summed E-state index contributed by atoms with van der Waals surface area (Å²) in [6.45, 7) is 9.37. The number of unbranched alkanes of at least 4 members (excludes halogenated alkanes) is 5. The Balaban J connectivity index is 3.11. The number of carbonyl (C=O) groups is 17. The zero-order valence-electron chi connectivity index (χ0n) is 64.0. The highest BCUT2D eigenvalue weighted by atomic mass is 16.5. The molecule has 0 saturated carbocycles.